The number of nitrogens with one attached hydrogen (secondary N) is 2. The molecule has 1 saturated heterocycles. The third kappa shape index (κ3) is 6.56. The van der Waals surface area contributed by atoms with E-state index in [0.29, 0.717) is 17.3 Å². The predicted octanol–water partition coefficient (Wildman–Crippen LogP) is 2.52. The molecular weight excluding hydrogens is 388 g/mol. The monoisotopic (exact) mass is 414 g/mol. The standard InChI is InChI=1S/C22H27ClN4O2/c1-17-19(23)8-5-9-20(17)25-21(28)14-24-22(29)16-27-12-10-26(11-13-27)15-18-6-3-2-4-7-18/h2-9H,10-16H2,1H3,(H,24,29)(H,25,28). The molecule has 154 valence electrons. The van der Waals surface area contributed by atoms with Crippen LogP contribution in [-0.2, 0) is 16.1 Å². The Morgan fingerprint density at radius 3 is 2.34 bits per heavy atom. The molecule has 7 heteroatoms. The summed E-state index contributed by atoms with van der Waals surface area (Å²) in [6.07, 6.45) is 0. The van der Waals surface area contributed by atoms with Crippen molar-refractivity contribution in [2.75, 3.05) is 44.6 Å². The molecule has 2 amide bonds. The molecule has 0 bridgehead atoms. The fourth-order valence-electron chi connectivity index (χ4n) is 3.32. The van der Waals surface area contributed by atoms with E-state index in [1.807, 2.05) is 13.0 Å². The van der Waals surface area contributed by atoms with E-state index in [-0.39, 0.29) is 18.4 Å². The van der Waals surface area contributed by atoms with Gasteiger partial charge in [-0.1, -0.05) is 48.0 Å². The number of carbonyl (C=O) groups excluding carboxylic acids is 2. The van der Waals surface area contributed by atoms with Crippen LogP contribution in [0.25, 0.3) is 0 Å². The normalized spacial score (nSPS) is 15.1. The maximum atomic E-state index is 12.2. The highest BCUT2D eigenvalue weighted by Gasteiger charge is 2.19. The summed E-state index contributed by atoms with van der Waals surface area (Å²) >= 11 is 6.06. The first-order valence-electron chi connectivity index (χ1n) is 9.81. The fraction of sp³-hybridized carbons (Fsp3) is 0.364. The highest BCUT2D eigenvalue weighted by Crippen LogP contribution is 2.22. The number of halogens is 1. The number of nitrogens with zero attached hydrogens (tertiary/aromatic N) is 2. The zero-order valence-corrected chi connectivity index (χ0v) is 17.4. The smallest absolute Gasteiger partial charge is 0.243 e. The summed E-state index contributed by atoms with van der Waals surface area (Å²) in [7, 11) is 0. The lowest BCUT2D eigenvalue weighted by molar-refractivity contribution is -0.125. The van der Waals surface area contributed by atoms with Gasteiger partial charge in [0, 0.05) is 43.4 Å². The van der Waals surface area contributed by atoms with Crippen molar-refractivity contribution in [1.29, 1.82) is 0 Å². The van der Waals surface area contributed by atoms with Gasteiger partial charge in [-0.2, -0.15) is 0 Å². The molecule has 0 spiro atoms. The first-order valence-corrected chi connectivity index (χ1v) is 10.2. The summed E-state index contributed by atoms with van der Waals surface area (Å²) in [6, 6.07) is 15.7. The SMILES string of the molecule is Cc1c(Cl)cccc1NC(=O)CNC(=O)CN1CCN(Cc2ccccc2)CC1. The minimum Gasteiger partial charge on any atom is -0.346 e. The van der Waals surface area contributed by atoms with Crippen molar-refractivity contribution in [3.8, 4) is 0 Å². The Morgan fingerprint density at radius 2 is 1.62 bits per heavy atom. The van der Waals surface area contributed by atoms with Gasteiger partial charge in [-0.05, 0) is 30.2 Å². The summed E-state index contributed by atoms with van der Waals surface area (Å²) in [5.74, 6) is -0.407. The molecule has 6 nitrogen and oxygen atoms in total. The third-order valence-electron chi connectivity index (χ3n) is 5.07. The Balaban J connectivity index is 1.36. The number of hydrogen-bond donors (Lipinski definition) is 2. The Hall–Kier alpha value is -2.41. The third-order valence-corrected chi connectivity index (χ3v) is 5.48. The number of benzene rings is 2. The molecule has 0 radical (unpaired) electrons. The van der Waals surface area contributed by atoms with Gasteiger partial charge in [-0.25, -0.2) is 0 Å². The van der Waals surface area contributed by atoms with Crippen molar-refractivity contribution in [2.24, 2.45) is 0 Å². The van der Waals surface area contributed by atoms with Gasteiger partial charge in [-0.3, -0.25) is 19.4 Å². The summed E-state index contributed by atoms with van der Waals surface area (Å²) in [5, 5.41) is 6.07. The lowest BCUT2D eigenvalue weighted by atomic mass is 10.2. The Bertz CT molecular complexity index is 836. The van der Waals surface area contributed by atoms with E-state index < -0.39 is 0 Å². The van der Waals surface area contributed by atoms with Crippen LogP contribution in [0.3, 0.4) is 0 Å². The zero-order chi connectivity index (χ0) is 20.6. The second kappa shape index (κ2) is 10.4. The van der Waals surface area contributed by atoms with E-state index in [0.717, 1.165) is 38.3 Å². The number of rotatable bonds is 7. The van der Waals surface area contributed by atoms with E-state index in [1.165, 1.54) is 5.56 Å². The molecule has 2 aromatic carbocycles. The molecule has 1 aliphatic heterocycles. The number of hydrogen-bond acceptors (Lipinski definition) is 4. The van der Waals surface area contributed by atoms with Gasteiger partial charge >= 0.3 is 0 Å². The van der Waals surface area contributed by atoms with Crippen molar-refractivity contribution in [3.63, 3.8) is 0 Å². The van der Waals surface area contributed by atoms with Crippen LogP contribution >= 0.6 is 11.6 Å². The first-order chi connectivity index (χ1) is 14.0. The highest BCUT2D eigenvalue weighted by molar-refractivity contribution is 6.31. The number of piperazine rings is 1. The molecular formula is C22H27ClN4O2. The van der Waals surface area contributed by atoms with Gasteiger partial charge in [0.15, 0.2) is 0 Å². The second-order valence-corrected chi connectivity index (χ2v) is 7.68. The van der Waals surface area contributed by atoms with Gasteiger partial charge in [0.25, 0.3) is 0 Å². The maximum absolute atomic E-state index is 12.2. The number of anilines is 1. The second-order valence-electron chi connectivity index (χ2n) is 7.28. The molecule has 0 unspecified atom stereocenters. The van der Waals surface area contributed by atoms with Crippen LogP contribution in [0, 0.1) is 6.92 Å². The largest absolute Gasteiger partial charge is 0.346 e. The molecule has 1 aliphatic rings. The van der Waals surface area contributed by atoms with Crippen LogP contribution in [0.2, 0.25) is 5.02 Å². The Labute approximate surface area is 176 Å². The summed E-state index contributed by atoms with van der Waals surface area (Å²) in [4.78, 5) is 28.8. The van der Waals surface area contributed by atoms with Gasteiger partial charge in [-0.15, -0.1) is 0 Å². The van der Waals surface area contributed by atoms with E-state index in [4.69, 9.17) is 11.6 Å². The molecule has 2 aromatic rings. The predicted molar refractivity (Wildman–Crippen MR) is 116 cm³/mol. The number of amides is 2. The molecule has 29 heavy (non-hydrogen) atoms. The topological polar surface area (TPSA) is 64.7 Å². The molecule has 0 aromatic heterocycles. The van der Waals surface area contributed by atoms with Crippen LogP contribution in [0.5, 0.6) is 0 Å². The van der Waals surface area contributed by atoms with Crippen LogP contribution in [0.1, 0.15) is 11.1 Å². The fourth-order valence-corrected chi connectivity index (χ4v) is 3.50. The van der Waals surface area contributed by atoms with Gasteiger partial charge in [0.2, 0.25) is 11.8 Å². The summed E-state index contributed by atoms with van der Waals surface area (Å²) < 4.78 is 0. The van der Waals surface area contributed by atoms with E-state index in [2.05, 4.69) is 44.7 Å². The quantitative estimate of drug-likeness (QED) is 0.730. The van der Waals surface area contributed by atoms with Gasteiger partial charge < -0.3 is 10.6 Å². The molecule has 1 fully saturated rings. The van der Waals surface area contributed by atoms with Gasteiger partial charge in [0.1, 0.15) is 0 Å². The van der Waals surface area contributed by atoms with Gasteiger partial charge in [0.05, 0.1) is 13.1 Å². The van der Waals surface area contributed by atoms with E-state index in [9.17, 15) is 9.59 Å². The van der Waals surface area contributed by atoms with Crippen LogP contribution < -0.4 is 10.6 Å². The van der Waals surface area contributed by atoms with Crippen LogP contribution in [-0.4, -0.2) is 60.9 Å². The molecule has 1 heterocycles. The average molecular weight is 415 g/mol. The molecule has 0 saturated carbocycles. The summed E-state index contributed by atoms with van der Waals surface area (Å²) in [6.45, 7) is 6.56. The first kappa shape index (κ1) is 21.3. The molecule has 3 rings (SSSR count). The lowest BCUT2D eigenvalue weighted by Crippen LogP contribution is -2.49. The van der Waals surface area contributed by atoms with Crippen molar-refractivity contribution in [2.45, 2.75) is 13.5 Å². The van der Waals surface area contributed by atoms with Crippen LogP contribution in [0.15, 0.2) is 48.5 Å². The minimum absolute atomic E-state index is 0.0568. The summed E-state index contributed by atoms with van der Waals surface area (Å²) in [5.41, 5.74) is 2.77. The number of carbonyl (C=O) groups is 2. The van der Waals surface area contributed by atoms with Crippen LogP contribution in [0.4, 0.5) is 5.69 Å². The highest BCUT2D eigenvalue weighted by atomic mass is 35.5. The average Bonchev–Trinajstić information content (AvgIpc) is 2.72. The lowest BCUT2D eigenvalue weighted by Gasteiger charge is -2.34. The molecule has 0 aliphatic carbocycles. The van der Waals surface area contributed by atoms with Crippen molar-refractivity contribution in [1.82, 2.24) is 15.1 Å². The van der Waals surface area contributed by atoms with Crippen molar-refractivity contribution in [3.05, 3.63) is 64.7 Å². The molecule has 2 N–H and O–H groups in total. The van der Waals surface area contributed by atoms with Crippen molar-refractivity contribution >= 4 is 29.1 Å². The van der Waals surface area contributed by atoms with E-state index >= 15 is 0 Å². The Kier molecular flexibility index (Phi) is 7.63. The maximum Gasteiger partial charge on any atom is 0.243 e. The molecule has 0 atom stereocenters. The Morgan fingerprint density at radius 1 is 0.931 bits per heavy atom. The van der Waals surface area contributed by atoms with E-state index in [1.54, 1.807) is 18.2 Å². The van der Waals surface area contributed by atoms with Crippen molar-refractivity contribution < 1.29 is 9.59 Å². The minimum atomic E-state index is -0.267. The zero-order valence-electron chi connectivity index (χ0n) is 16.7.